The van der Waals surface area contributed by atoms with Crippen molar-refractivity contribution >= 4 is 21.6 Å². The van der Waals surface area contributed by atoms with E-state index in [9.17, 15) is 13.2 Å². The Labute approximate surface area is 169 Å². The van der Waals surface area contributed by atoms with E-state index in [2.05, 4.69) is 20.8 Å². The highest BCUT2D eigenvalue weighted by Gasteiger charge is 2.28. The third-order valence-electron chi connectivity index (χ3n) is 4.75. The van der Waals surface area contributed by atoms with Crippen molar-refractivity contribution in [3.63, 3.8) is 0 Å². The number of sulfonamides is 1. The van der Waals surface area contributed by atoms with Crippen LogP contribution in [0.2, 0.25) is 0 Å². The van der Waals surface area contributed by atoms with E-state index in [0.29, 0.717) is 18.8 Å². The van der Waals surface area contributed by atoms with Gasteiger partial charge in [0.05, 0.1) is 10.6 Å². The molecule has 0 bridgehead atoms. The molecule has 2 aromatic rings. The Bertz CT molecular complexity index is 882. The number of likely N-dealkylation sites (N-methyl/N-ethyl adjacent to an activating group) is 1. The van der Waals surface area contributed by atoms with Crippen LogP contribution in [0.25, 0.3) is 0 Å². The van der Waals surface area contributed by atoms with Gasteiger partial charge in [0.2, 0.25) is 5.91 Å². The summed E-state index contributed by atoms with van der Waals surface area (Å²) in [5.74, 6) is -0.219. The van der Waals surface area contributed by atoms with Crippen LogP contribution in [-0.2, 0) is 20.2 Å². The molecule has 0 saturated carbocycles. The van der Waals surface area contributed by atoms with Gasteiger partial charge in [-0.25, -0.2) is 8.42 Å². The lowest BCUT2D eigenvalue weighted by Gasteiger charge is -2.27. The van der Waals surface area contributed by atoms with E-state index in [1.807, 2.05) is 32.0 Å². The van der Waals surface area contributed by atoms with Crippen molar-refractivity contribution in [1.29, 1.82) is 0 Å². The second-order valence-corrected chi connectivity index (χ2v) is 9.55. The van der Waals surface area contributed by atoms with Crippen molar-refractivity contribution in [2.45, 2.75) is 44.9 Å². The van der Waals surface area contributed by atoms with Gasteiger partial charge >= 0.3 is 0 Å². The fourth-order valence-electron chi connectivity index (χ4n) is 2.96. The standard InChI is InChI=1S/C22H30N2O3S/c1-6-23(7-2)21(25)17-24(19-11-9-8-10-12-19)28(26,27)20-15-13-18(14-16-20)22(3,4)5/h8-16H,6-7,17H2,1-5H3. The van der Waals surface area contributed by atoms with Gasteiger partial charge in [-0.15, -0.1) is 0 Å². The molecule has 0 aliphatic carbocycles. The molecule has 0 unspecified atom stereocenters. The Morgan fingerprint density at radius 3 is 1.89 bits per heavy atom. The van der Waals surface area contributed by atoms with Crippen molar-refractivity contribution in [3.8, 4) is 0 Å². The third-order valence-corrected chi connectivity index (χ3v) is 6.54. The molecule has 2 rings (SSSR count). The smallest absolute Gasteiger partial charge is 0.264 e. The zero-order valence-electron chi connectivity index (χ0n) is 17.3. The molecule has 0 saturated heterocycles. The highest BCUT2D eigenvalue weighted by molar-refractivity contribution is 7.92. The zero-order valence-corrected chi connectivity index (χ0v) is 18.2. The molecule has 1 amide bonds. The van der Waals surface area contributed by atoms with E-state index in [1.165, 1.54) is 4.31 Å². The van der Waals surface area contributed by atoms with E-state index >= 15 is 0 Å². The van der Waals surface area contributed by atoms with Gasteiger partial charge < -0.3 is 4.90 Å². The third kappa shape index (κ3) is 4.93. The van der Waals surface area contributed by atoms with Gasteiger partial charge in [0.1, 0.15) is 6.54 Å². The maximum absolute atomic E-state index is 13.4. The summed E-state index contributed by atoms with van der Waals surface area (Å²) >= 11 is 0. The molecule has 6 heteroatoms. The first-order valence-electron chi connectivity index (χ1n) is 9.57. The van der Waals surface area contributed by atoms with Crippen molar-refractivity contribution < 1.29 is 13.2 Å². The first-order chi connectivity index (χ1) is 13.1. The lowest BCUT2D eigenvalue weighted by molar-refractivity contribution is -0.129. The predicted octanol–water partition coefficient (Wildman–Crippen LogP) is 4.05. The normalized spacial score (nSPS) is 11.9. The van der Waals surface area contributed by atoms with Crippen LogP contribution >= 0.6 is 0 Å². The molecule has 0 aliphatic rings. The number of para-hydroxylation sites is 1. The van der Waals surface area contributed by atoms with Gasteiger partial charge in [0.25, 0.3) is 10.0 Å². The summed E-state index contributed by atoms with van der Waals surface area (Å²) in [6.07, 6.45) is 0. The molecular formula is C22H30N2O3S. The molecule has 152 valence electrons. The van der Waals surface area contributed by atoms with Gasteiger partial charge in [-0.1, -0.05) is 51.1 Å². The van der Waals surface area contributed by atoms with Crippen LogP contribution in [0.5, 0.6) is 0 Å². The molecule has 0 aliphatic heterocycles. The topological polar surface area (TPSA) is 57.7 Å². The Kier molecular flexibility index (Phi) is 6.88. The zero-order chi connectivity index (χ0) is 20.9. The fraction of sp³-hybridized carbons (Fsp3) is 0.409. The van der Waals surface area contributed by atoms with Gasteiger partial charge in [-0.2, -0.15) is 0 Å². The molecule has 5 nitrogen and oxygen atoms in total. The highest BCUT2D eigenvalue weighted by atomic mass is 32.2. The van der Waals surface area contributed by atoms with Gasteiger partial charge in [-0.05, 0) is 49.1 Å². The van der Waals surface area contributed by atoms with Crippen LogP contribution < -0.4 is 4.31 Å². The van der Waals surface area contributed by atoms with Crippen molar-refractivity contribution in [2.24, 2.45) is 0 Å². The number of amides is 1. The van der Waals surface area contributed by atoms with E-state index in [1.54, 1.807) is 41.3 Å². The second-order valence-electron chi connectivity index (χ2n) is 7.69. The molecular weight excluding hydrogens is 372 g/mol. The van der Waals surface area contributed by atoms with Crippen LogP contribution in [0.3, 0.4) is 0 Å². The average Bonchev–Trinajstić information content (AvgIpc) is 2.67. The lowest BCUT2D eigenvalue weighted by atomic mass is 9.87. The Morgan fingerprint density at radius 2 is 1.43 bits per heavy atom. The second kappa shape index (κ2) is 8.78. The van der Waals surface area contributed by atoms with E-state index < -0.39 is 10.0 Å². The number of nitrogens with zero attached hydrogens (tertiary/aromatic N) is 2. The lowest BCUT2D eigenvalue weighted by Crippen LogP contribution is -2.43. The number of hydrogen-bond acceptors (Lipinski definition) is 3. The van der Waals surface area contributed by atoms with Gasteiger partial charge in [0.15, 0.2) is 0 Å². The number of anilines is 1. The average molecular weight is 403 g/mol. The maximum atomic E-state index is 13.4. The molecule has 0 fully saturated rings. The van der Waals surface area contributed by atoms with Crippen LogP contribution in [0, 0.1) is 0 Å². The SMILES string of the molecule is CCN(CC)C(=O)CN(c1ccccc1)S(=O)(=O)c1ccc(C(C)(C)C)cc1. The van der Waals surface area contributed by atoms with Crippen LogP contribution in [0.15, 0.2) is 59.5 Å². The number of carbonyl (C=O) groups excluding carboxylic acids is 1. The molecule has 2 aromatic carbocycles. The molecule has 0 heterocycles. The summed E-state index contributed by atoms with van der Waals surface area (Å²) in [6, 6.07) is 15.7. The largest absolute Gasteiger partial charge is 0.342 e. The highest BCUT2D eigenvalue weighted by Crippen LogP contribution is 2.27. The summed E-state index contributed by atoms with van der Waals surface area (Å²) in [6.45, 7) is 10.9. The van der Waals surface area contributed by atoms with Crippen LogP contribution in [-0.4, -0.2) is 38.9 Å². The summed E-state index contributed by atoms with van der Waals surface area (Å²) in [5.41, 5.74) is 1.46. The number of rotatable bonds is 7. The van der Waals surface area contributed by atoms with E-state index in [-0.39, 0.29) is 22.8 Å². The molecule has 0 atom stereocenters. The minimum Gasteiger partial charge on any atom is -0.342 e. The predicted molar refractivity (Wildman–Crippen MR) is 114 cm³/mol. The van der Waals surface area contributed by atoms with Crippen LogP contribution in [0.4, 0.5) is 5.69 Å². The first kappa shape index (κ1) is 22.0. The minimum absolute atomic E-state index is 0.0693. The quantitative estimate of drug-likeness (QED) is 0.702. The minimum atomic E-state index is -3.88. The number of benzene rings is 2. The summed E-state index contributed by atoms with van der Waals surface area (Å²) in [7, 11) is -3.88. The van der Waals surface area contributed by atoms with E-state index in [4.69, 9.17) is 0 Å². The maximum Gasteiger partial charge on any atom is 0.264 e. The summed E-state index contributed by atoms with van der Waals surface area (Å²) < 4.78 is 28.0. The number of carbonyl (C=O) groups is 1. The molecule has 0 aromatic heterocycles. The van der Waals surface area contributed by atoms with E-state index in [0.717, 1.165) is 5.56 Å². The van der Waals surface area contributed by atoms with Crippen molar-refractivity contribution in [2.75, 3.05) is 23.9 Å². The molecule has 28 heavy (non-hydrogen) atoms. The molecule has 0 spiro atoms. The van der Waals surface area contributed by atoms with Gasteiger partial charge in [-0.3, -0.25) is 9.10 Å². The summed E-state index contributed by atoms with van der Waals surface area (Å²) in [4.78, 5) is 14.5. The number of hydrogen-bond donors (Lipinski definition) is 0. The molecule has 0 radical (unpaired) electrons. The monoisotopic (exact) mass is 402 g/mol. The van der Waals surface area contributed by atoms with Crippen LogP contribution in [0.1, 0.15) is 40.2 Å². The first-order valence-corrected chi connectivity index (χ1v) is 11.0. The van der Waals surface area contributed by atoms with Crippen molar-refractivity contribution in [1.82, 2.24) is 4.90 Å². The van der Waals surface area contributed by atoms with Gasteiger partial charge in [0, 0.05) is 13.1 Å². The Hall–Kier alpha value is -2.34. The van der Waals surface area contributed by atoms with Crippen molar-refractivity contribution in [3.05, 3.63) is 60.2 Å². The Morgan fingerprint density at radius 1 is 0.893 bits per heavy atom. The Balaban J connectivity index is 2.45. The fourth-order valence-corrected chi connectivity index (χ4v) is 4.38. The molecule has 0 N–H and O–H groups in total. The summed E-state index contributed by atoms with van der Waals surface area (Å²) in [5, 5.41) is 0.